The minimum absolute atomic E-state index is 0.446. The molecule has 130 valence electrons. The minimum Gasteiger partial charge on any atom is -0.353 e. The van der Waals surface area contributed by atoms with Crippen molar-refractivity contribution in [2.45, 2.75) is 39.8 Å². The van der Waals surface area contributed by atoms with E-state index in [1.165, 1.54) is 0 Å². The molecule has 2 rings (SSSR count). The van der Waals surface area contributed by atoms with Gasteiger partial charge in [-0.25, -0.2) is 9.98 Å². The van der Waals surface area contributed by atoms with Gasteiger partial charge in [0, 0.05) is 19.0 Å². The Kier molecular flexibility index (Phi) is 6.48. The number of rotatable bonds is 7. The molecule has 2 N–H and O–H groups in total. The molecule has 24 heavy (non-hydrogen) atoms. The highest BCUT2D eigenvalue weighted by Gasteiger charge is 2.07. The van der Waals surface area contributed by atoms with Crippen LogP contribution in [-0.4, -0.2) is 32.3 Å². The van der Waals surface area contributed by atoms with E-state index in [4.69, 9.17) is 0 Å². The molecule has 0 saturated heterocycles. The maximum atomic E-state index is 4.62. The molecule has 0 amide bonds. The number of hydrogen-bond acceptors (Lipinski definition) is 5. The van der Waals surface area contributed by atoms with Gasteiger partial charge >= 0.3 is 0 Å². The van der Waals surface area contributed by atoms with Crippen molar-refractivity contribution in [3.05, 3.63) is 40.4 Å². The molecule has 0 unspecified atom stereocenters. The normalized spacial score (nSPS) is 11.8. The molecular formula is C16H25N7S. The van der Waals surface area contributed by atoms with Crippen LogP contribution in [0.3, 0.4) is 0 Å². The third kappa shape index (κ3) is 4.89. The first kappa shape index (κ1) is 18.1. The SMILES string of the molecule is C=CCNC(=NCc1nnc(C)n1C)NCc1nc(C(C)C)cs1. The molecule has 0 aliphatic heterocycles. The van der Waals surface area contributed by atoms with Gasteiger partial charge in [-0.15, -0.1) is 28.1 Å². The third-order valence-electron chi connectivity index (χ3n) is 3.54. The number of aryl methyl sites for hydroxylation is 1. The molecule has 2 aromatic heterocycles. The number of aliphatic imine (C=N–C) groups is 1. The van der Waals surface area contributed by atoms with Crippen molar-refractivity contribution in [2.75, 3.05) is 6.54 Å². The van der Waals surface area contributed by atoms with Crippen molar-refractivity contribution in [3.63, 3.8) is 0 Å². The van der Waals surface area contributed by atoms with Crippen LogP contribution in [0.4, 0.5) is 0 Å². The summed E-state index contributed by atoms with van der Waals surface area (Å²) in [6, 6.07) is 0. The van der Waals surface area contributed by atoms with Gasteiger partial charge in [-0.3, -0.25) is 0 Å². The first-order valence-electron chi connectivity index (χ1n) is 7.93. The lowest BCUT2D eigenvalue weighted by molar-refractivity contribution is 0.756. The van der Waals surface area contributed by atoms with Gasteiger partial charge in [-0.05, 0) is 12.8 Å². The van der Waals surface area contributed by atoms with E-state index in [2.05, 4.69) is 56.6 Å². The summed E-state index contributed by atoms with van der Waals surface area (Å²) in [5.41, 5.74) is 1.13. The van der Waals surface area contributed by atoms with Crippen molar-refractivity contribution >= 4 is 17.3 Å². The standard InChI is InChI=1S/C16H25N7S/c1-6-7-17-16(18-8-14-22-21-12(4)23(14)5)19-9-15-20-13(10-24-15)11(2)3/h6,10-11H,1,7-9H2,2-5H3,(H2,17,18,19). The molecule has 0 saturated carbocycles. The van der Waals surface area contributed by atoms with Crippen LogP contribution < -0.4 is 10.6 Å². The predicted octanol–water partition coefficient (Wildman–Crippen LogP) is 2.12. The van der Waals surface area contributed by atoms with Gasteiger partial charge in [0.1, 0.15) is 17.4 Å². The number of guanidine groups is 1. The average molecular weight is 347 g/mol. The van der Waals surface area contributed by atoms with E-state index in [1.807, 2.05) is 18.5 Å². The molecule has 2 aromatic rings. The van der Waals surface area contributed by atoms with Crippen molar-refractivity contribution < 1.29 is 0 Å². The molecule has 0 radical (unpaired) electrons. The lowest BCUT2D eigenvalue weighted by Gasteiger charge is -2.10. The summed E-state index contributed by atoms with van der Waals surface area (Å²) >= 11 is 1.66. The third-order valence-corrected chi connectivity index (χ3v) is 4.41. The summed E-state index contributed by atoms with van der Waals surface area (Å²) in [7, 11) is 1.94. The smallest absolute Gasteiger partial charge is 0.192 e. The average Bonchev–Trinajstić information content (AvgIpc) is 3.16. The van der Waals surface area contributed by atoms with Crippen LogP contribution in [0.25, 0.3) is 0 Å². The van der Waals surface area contributed by atoms with Crippen LogP contribution >= 0.6 is 11.3 Å². The number of nitrogens with zero attached hydrogens (tertiary/aromatic N) is 5. The first-order chi connectivity index (χ1) is 11.5. The fourth-order valence-corrected chi connectivity index (χ4v) is 2.81. The van der Waals surface area contributed by atoms with Crippen LogP contribution in [0.5, 0.6) is 0 Å². The van der Waals surface area contributed by atoms with Crippen molar-refractivity contribution in [3.8, 4) is 0 Å². The molecule has 0 aliphatic carbocycles. The molecule has 0 aromatic carbocycles. The molecule has 0 bridgehead atoms. The molecule has 0 atom stereocenters. The lowest BCUT2D eigenvalue weighted by atomic mass is 10.2. The maximum absolute atomic E-state index is 4.62. The van der Waals surface area contributed by atoms with Gasteiger partial charge in [-0.2, -0.15) is 0 Å². The van der Waals surface area contributed by atoms with E-state index < -0.39 is 0 Å². The van der Waals surface area contributed by atoms with Crippen LogP contribution in [0.15, 0.2) is 23.0 Å². The Hall–Kier alpha value is -2.22. The largest absolute Gasteiger partial charge is 0.353 e. The van der Waals surface area contributed by atoms with Gasteiger partial charge in [-0.1, -0.05) is 19.9 Å². The quantitative estimate of drug-likeness (QED) is 0.456. The van der Waals surface area contributed by atoms with Crippen LogP contribution in [0.1, 0.15) is 42.1 Å². The summed E-state index contributed by atoms with van der Waals surface area (Å²) in [4.78, 5) is 9.19. The van der Waals surface area contributed by atoms with Crippen LogP contribution in [0, 0.1) is 6.92 Å². The summed E-state index contributed by atoms with van der Waals surface area (Å²) in [5.74, 6) is 2.85. The van der Waals surface area contributed by atoms with Crippen LogP contribution in [0.2, 0.25) is 0 Å². The van der Waals surface area contributed by atoms with E-state index >= 15 is 0 Å². The van der Waals surface area contributed by atoms with E-state index in [9.17, 15) is 0 Å². The predicted molar refractivity (Wildman–Crippen MR) is 98.1 cm³/mol. The summed E-state index contributed by atoms with van der Waals surface area (Å²) < 4.78 is 1.93. The minimum atomic E-state index is 0.446. The Balaban J connectivity index is 1.99. The van der Waals surface area contributed by atoms with Gasteiger partial charge in [0.25, 0.3) is 0 Å². The molecule has 2 heterocycles. The summed E-state index contributed by atoms with van der Waals surface area (Å²) in [6.45, 7) is 11.7. The monoisotopic (exact) mass is 347 g/mol. The second-order valence-corrected chi connectivity index (χ2v) is 6.67. The lowest BCUT2D eigenvalue weighted by Crippen LogP contribution is -2.37. The number of thiazole rings is 1. The van der Waals surface area contributed by atoms with Crippen molar-refractivity contribution in [1.82, 2.24) is 30.4 Å². The van der Waals surface area contributed by atoms with Crippen LogP contribution in [-0.2, 0) is 20.1 Å². The molecule has 0 aliphatic rings. The summed E-state index contributed by atoms with van der Waals surface area (Å²) in [5, 5.41) is 17.8. The number of nitrogens with one attached hydrogen (secondary N) is 2. The zero-order chi connectivity index (χ0) is 17.5. The molecule has 0 fully saturated rings. The highest BCUT2D eigenvalue weighted by Crippen LogP contribution is 2.17. The second-order valence-electron chi connectivity index (χ2n) is 5.73. The number of hydrogen-bond donors (Lipinski definition) is 2. The van der Waals surface area contributed by atoms with Crippen molar-refractivity contribution in [1.29, 1.82) is 0 Å². The Morgan fingerprint density at radius 2 is 2.21 bits per heavy atom. The molecule has 0 spiro atoms. The zero-order valence-electron chi connectivity index (χ0n) is 14.7. The van der Waals surface area contributed by atoms with Gasteiger partial charge in [0.05, 0.1) is 12.2 Å². The Morgan fingerprint density at radius 1 is 1.42 bits per heavy atom. The van der Waals surface area contributed by atoms with E-state index in [1.54, 1.807) is 17.4 Å². The van der Waals surface area contributed by atoms with E-state index in [-0.39, 0.29) is 0 Å². The van der Waals surface area contributed by atoms with Gasteiger partial charge in [0.2, 0.25) is 0 Å². The van der Waals surface area contributed by atoms with Crippen molar-refractivity contribution in [2.24, 2.45) is 12.0 Å². The zero-order valence-corrected chi connectivity index (χ0v) is 15.5. The van der Waals surface area contributed by atoms with Gasteiger partial charge < -0.3 is 15.2 Å². The fraction of sp³-hybridized carbons (Fsp3) is 0.500. The Labute approximate surface area is 146 Å². The second kappa shape index (κ2) is 8.58. The Morgan fingerprint density at radius 3 is 2.79 bits per heavy atom. The van der Waals surface area contributed by atoms with Gasteiger partial charge in [0.15, 0.2) is 11.8 Å². The number of aromatic nitrogens is 4. The highest BCUT2D eigenvalue weighted by atomic mass is 32.1. The fourth-order valence-electron chi connectivity index (χ4n) is 1.91. The molecule has 7 nitrogen and oxygen atoms in total. The maximum Gasteiger partial charge on any atom is 0.192 e. The molecule has 8 heteroatoms. The first-order valence-corrected chi connectivity index (χ1v) is 8.81. The highest BCUT2D eigenvalue weighted by molar-refractivity contribution is 7.09. The van der Waals surface area contributed by atoms with E-state index in [0.717, 1.165) is 22.4 Å². The molecular weight excluding hydrogens is 322 g/mol. The topological polar surface area (TPSA) is 80.0 Å². The van der Waals surface area contributed by atoms with E-state index in [0.29, 0.717) is 31.5 Å². The Bertz CT molecular complexity index is 699. The summed E-state index contributed by atoms with van der Waals surface area (Å²) in [6.07, 6.45) is 1.80.